The monoisotopic (exact) mass is 415 g/mol. The lowest BCUT2D eigenvalue weighted by Gasteiger charge is -2.42. The number of hydrogen-bond acceptors (Lipinski definition) is 6. The summed E-state index contributed by atoms with van der Waals surface area (Å²) in [5.74, 6) is -0.181. The molecule has 8 nitrogen and oxygen atoms in total. The summed E-state index contributed by atoms with van der Waals surface area (Å²) in [6, 6.07) is 9.49. The molecule has 164 valence electrons. The van der Waals surface area contributed by atoms with Crippen molar-refractivity contribution < 1.29 is 14.3 Å². The van der Waals surface area contributed by atoms with Gasteiger partial charge in [0.15, 0.2) is 0 Å². The van der Waals surface area contributed by atoms with Gasteiger partial charge in [0, 0.05) is 52.9 Å². The number of methoxy groups -OCH3 is 1. The number of fused-ring (bicyclic) bond motifs is 1. The number of nitrogens with zero attached hydrogens (tertiary/aromatic N) is 4. The molecule has 3 atom stereocenters. The molecule has 30 heavy (non-hydrogen) atoms. The molecule has 0 saturated carbocycles. The number of nitrogens with one attached hydrogen (secondary N) is 1. The zero-order valence-electron chi connectivity index (χ0n) is 18.0. The number of hydrazine groups is 1. The van der Waals surface area contributed by atoms with Gasteiger partial charge in [0.25, 0.3) is 0 Å². The zero-order chi connectivity index (χ0) is 21.1. The van der Waals surface area contributed by atoms with Crippen LogP contribution in [0.25, 0.3) is 0 Å². The van der Waals surface area contributed by atoms with Gasteiger partial charge in [-0.1, -0.05) is 25.1 Å². The minimum atomic E-state index is -0.216. The first-order valence-electron chi connectivity index (χ1n) is 11.0. The van der Waals surface area contributed by atoms with Gasteiger partial charge in [0.1, 0.15) is 0 Å². The summed E-state index contributed by atoms with van der Waals surface area (Å²) in [4.78, 5) is 33.3. The molecule has 1 N–H and O–H groups in total. The second-order valence-corrected chi connectivity index (χ2v) is 8.39. The van der Waals surface area contributed by atoms with Crippen molar-refractivity contribution >= 4 is 17.5 Å². The average molecular weight is 416 g/mol. The molecule has 0 spiro atoms. The summed E-state index contributed by atoms with van der Waals surface area (Å²) in [6.07, 6.45) is 0. The number of likely N-dealkylation sites (tertiary alicyclic amines) is 1. The maximum absolute atomic E-state index is 13.5. The molecule has 8 heteroatoms. The smallest absolute Gasteiger partial charge is 0.247 e. The number of hydrogen-bond donors (Lipinski definition) is 1. The van der Waals surface area contributed by atoms with Crippen LogP contribution in [0.4, 0.5) is 5.69 Å². The van der Waals surface area contributed by atoms with Crippen LogP contribution in [0.1, 0.15) is 6.92 Å². The zero-order valence-corrected chi connectivity index (χ0v) is 18.0. The van der Waals surface area contributed by atoms with E-state index in [-0.39, 0.29) is 29.7 Å². The Balaban J connectivity index is 1.47. The van der Waals surface area contributed by atoms with Crippen molar-refractivity contribution in [3.63, 3.8) is 0 Å². The largest absolute Gasteiger partial charge is 0.383 e. The molecule has 0 bridgehead atoms. The molecule has 3 aliphatic heterocycles. The molecule has 3 saturated heterocycles. The van der Waals surface area contributed by atoms with Crippen molar-refractivity contribution in [2.45, 2.75) is 13.0 Å². The second kappa shape index (κ2) is 9.43. The number of benzene rings is 1. The normalized spacial score (nSPS) is 28.1. The molecule has 0 aromatic heterocycles. The molecule has 1 aromatic carbocycles. The lowest BCUT2D eigenvalue weighted by molar-refractivity contribution is -0.141. The maximum Gasteiger partial charge on any atom is 0.247 e. The van der Waals surface area contributed by atoms with Crippen molar-refractivity contribution in [1.29, 1.82) is 0 Å². The van der Waals surface area contributed by atoms with Crippen molar-refractivity contribution in [2.75, 3.05) is 71.1 Å². The molecule has 1 aromatic rings. The van der Waals surface area contributed by atoms with E-state index in [0.29, 0.717) is 19.7 Å². The van der Waals surface area contributed by atoms with Gasteiger partial charge in [0.05, 0.1) is 30.2 Å². The molecule has 0 radical (unpaired) electrons. The highest BCUT2D eigenvalue weighted by Gasteiger charge is 2.51. The van der Waals surface area contributed by atoms with Crippen molar-refractivity contribution in [2.24, 2.45) is 11.8 Å². The number of piperidine rings is 1. The minimum Gasteiger partial charge on any atom is -0.383 e. The summed E-state index contributed by atoms with van der Waals surface area (Å²) in [5.41, 5.74) is 4.22. The third-order valence-corrected chi connectivity index (χ3v) is 6.67. The van der Waals surface area contributed by atoms with Gasteiger partial charge < -0.3 is 14.5 Å². The maximum atomic E-state index is 13.5. The van der Waals surface area contributed by atoms with E-state index in [9.17, 15) is 9.59 Å². The summed E-state index contributed by atoms with van der Waals surface area (Å²) < 4.78 is 5.17. The molecule has 3 fully saturated rings. The first-order valence-corrected chi connectivity index (χ1v) is 11.0. The van der Waals surface area contributed by atoms with Crippen LogP contribution >= 0.6 is 0 Å². The van der Waals surface area contributed by atoms with Gasteiger partial charge in [-0.2, -0.15) is 0 Å². The first-order chi connectivity index (χ1) is 14.6. The molecule has 3 unspecified atom stereocenters. The van der Waals surface area contributed by atoms with E-state index in [0.717, 1.165) is 45.0 Å². The number of rotatable bonds is 6. The number of para-hydroxylation sites is 1. The van der Waals surface area contributed by atoms with Gasteiger partial charge in [0.2, 0.25) is 11.8 Å². The van der Waals surface area contributed by atoms with Crippen molar-refractivity contribution in [3.8, 4) is 0 Å². The Kier molecular flexibility index (Phi) is 6.67. The van der Waals surface area contributed by atoms with Gasteiger partial charge in [-0.3, -0.25) is 14.5 Å². The van der Waals surface area contributed by atoms with Gasteiger partial charge in [-0.05, 0) is 18.7 Å². The number of piperazine rings is 1. The van der Waals surface area contributed by atoms with Crippen LogP contribution in [-0.4, -0.2) is 98.6 Å². The predicted molar refractivity (Wildman–Crippen MR) is 115 cm³/mol. The Labute approximate surface area is 178 Å². The summed E-state index contributed by atoms with van der Waals surface area (Å²) in [5, 5.41) is 1.65. The molecule has 3 aliphatic rings. The fourth-order valence-electron chi connectivity index (χ4n) is 4.84. The fourth-order valence-corrected chi connectivity index (χ4v) is 4.84. The Morgan fingerprint density at radius 2 is 1.83 bits per heavy atom. The molecular formula is C22H33N5O3. The van der Waals surface area contributed by atoms with Crippen LogP contribution in [0.2, 0.25) is 0 Å². The van der Waals surface area contributed by atoms with Crippen molar-refractivity contribution in [1.82, 2.24) is 20.1 Å². The Morgan fingerprint density at radius 3 is 2.50 bits per heavy atom. The van der Waals surface area contributed by atoms with Crippen LogP contribution in [-0.2, 0) is 14.3 Å². The number of carbonyl (C=O) groups excluding carboxylic acids is 2. The predicted octanol–water partition coefficient (Wildman–Crippen LogP) is 0.265. The first kappa shape index (κ1) is 21.2. The highest BCUT2D eigenvalue weighted by Crippen LogP contribution is 2.32. The van der Waals surface area contributed by atoms with Crippen LogP contribution in [0.3, 0.4) is 0 Å². The highest BCUT2D eigenvalue weighted by atomic mass is 16.5. The second-order valence-electron chi connectivity index (χ2n) is 8.39. The van der Waals surface area contributed by atoms with Crippen LogP contribution in [0, 0.1) is 11.8 Å². The van der Waals surface area contributed by atoms with E-state index < -0.39 is 0 Å². The van der Waals surface area contributed by atoms with Gasteiger partial charge in [-0.25, -0.2) is 10.4 Å². The average Bonchev–Trinajstić information content (AvgIpc) is 3.14. The molecule has 3 heterocycles. The topological polar surface area (TPSA) is 68.4 Å². The molecule has 4 rings (SSSR count). The summed E-state index contributed by atoms with van der Waals surface area (Å²) >= 11 is 0. The SMILES string of the molecule is CCN1CC(C(=O)N2CCN(CCOC)CC2)C2NN(c3ccccc3)C(=O)C2C1. The van der Waals surface area contributed by atoms with Crippen LogP contribution < -0.4 is 10.4 Å². The number of amides is 2. The summed E-state index contributed by atoms with van der Waals surface area (Å²) in [6.45, 7) is 9.16. The highest BCUT2D eigenvalue weighted by molar-refractivity contribution is 5.98. The quantitative estimate of drug-likeness (QED) is 0.719. The third kappa shape index (κ3) is 4.23. The van der Waals surface area contributed by atoms with Gasteiger partial charge >= 0.3 is 0 Å². The summed E-state index contributed by atoms with van der Waals surface area (Å²) in [7, 11) is 1.72. The lowest BCUT2D eigenvalue weighted by Crippen LogP contribution is -2.59. The van der Waals surface area contributed by atoms with Gasteiger partial charge in [-0.15, -0.1) is 0 Å². The molecular weight excluding hydrogens is 382 g/mol. The van der Waals surface area contributed by atoms with E-state index in [2.05, 4.69) is 22.1 Å². The minimum absolute atomic E-state index is 0.0616. The number of carbonyl (C=O) groups is 2. The van der Waals surface area contributed by atoms with Crippen LogP contribution in [0.15, 0.2) is 30.3 Å². The van der Waals surface area contributed by atoms with E-state index in [1.807, 2.05) is 35.2 Å². The standard InChI is InChI=1S/C22H33N5O3/c1-3-24-15-18(21(28)26-11-9-25(10-12-26)13-14-30-2)20-19(16-24)22(29)27(23-20)17-7-5-4-6-8-17/h4-8,18-20,23H,3,9-16H2,1-2H3. The van der Waals surface area contributed by atoms with E-state index >= 15 is 0 Å². The van der Waals surface area contributed by atoms with Crippen LogP contribution in [0.5, 0.6) is 0 Å². The van der Waals surface area contributed by atoms with Crippen molar-refractivity contribution in [3.05, 3.63) is 30.3 Å². The Morgan fingerprint density at radius 1 is 1.10 bits per heavy atom. The molecule has 2 amide bonds. The number of ether oxygens (including phenoxy) is 1. The Bertz CT molecular complexity index is 738. The van der Waals surface area contributed by atoms with E-state index in [1.165, 1.54) is 0 Å². The molecule has 0 aliphatic carbocycles. The fraction of sp³-hybridized carbons (Fsp3) is 0.636. The van der Waals surface area contributed by atoms with E-state index in [1.54, 1.807) is 12.1 Å². The lowest BCUT2D eigenvalue weighted by atomic mass is 9.83. The van der Waals surface area contributed by atoms with E-state index in [4.69, 9.17) is 4.74 Å². The Hall–Kier alpha value is -2.00. The number of anilines is 1. The third-order valence-electron chi connectivity index (χ3n) is 6.67.